The standard InChI is InChI=1S/C12H21N3OS/c1-4-13-11-14-7-10(17-11)8-15-5-6-16-9-12(15,2)3/h7H,4-6,8-9H2,1-3H3,(H,13,14). The predicted molar refractivity (Wildman–Crippen MR) is 71.6 cm³/mol. The largest absolute Gasteiger partial charge is 0.378 e. The van der Waals surface area contributed by atoms with E-state index in [1.54, 1.807) is 11.3 Å². The topological polar surface area (TPSA) is 37.4 Å². The molecule has 4 nitrogen and oxygen atoms in total. The summed E-state index contributed by atoms with van der Waals surface area (Å²) in [7, 11) is 0. The quantitative estimate of drug-likeness (QED) is 0.895. The molecule has 1 fully saturated rings. The Kier molecular flexibility index (Phi) is 4.01. The van der Waals surface area contributed by atoms with Crippen molar-refractivity contribution < 1.29 is 4.74 Å². The van der Waals surface area contributed by atoms with E-state index in [0.29, 0.717) is 0 Å². The van der Waals surface area contributed by atoms with E-state index in [2.05, 4.69) is 36.0 Å². The molecule has 1 saturated heterocycles. The summed E-state index contributed by atoms with van der Waals surface area (Å²) in [6, 6.07) is 0. The van der Waals surface area contributed by atoms with Crippen molar-refractivity contribution in [2.75, 3.05) is 31.6 Å². The minimum atomic E-state index is 0.126. The number of aromatic nitrogens is 1. The maximum atomic E-state index is 5.53. The van der Waals surface area contributed by atoms with Crippen LogP contribution < -0.4 is 5.32 Å². The fourth-order valence-corrected chi connectivity index (χ4v) is 2.88. The smallest absolute Gasteiger partial charge is 0.182 e. The highest BCUT2D eigenvalue weighted by Crippen LogP contribution is 2.25. The van der Waals surface area contributed by atoms with Crippen LogP contribution in [0.5, 0.6) is 0 Å². The molecule has 0 aliphatic carbocycles. The Morgan fingerprint density at radius 2 is 2.41 bits per heavy atom. The van der Waals surface area contributed by atoms with Gasteiger partial charge in [0.05, 0.1) is 13.2 Å². The van der Waals surface area contributed by atoms with Gasteiger partial charge in [0.15, 0.2) is 5.13 Å². The van der Waals surface area contributed by atoms with Crippen molar-refractivity contribution in [2.24, 2.45) is 0 Å². The molecule has 1 aromatic rings. The second-order valence-corrected chi connectivity index (χ2v) is 6.06. The van der Waals surface area contributed by atoms with Crippen LogP contribution in [-0.4, -0.2) is 41.7 Å². The first-order valence-corrected chi connectivity index (χ1v) is 6.95. The third-order valence-electron chi connectivity index (χ3n) is 3.05. The van der Waals surface area contributed by atoms with Crippen LogP contribution in [0.15, 0.2) is 6.20 Å². The van der Waals surface area contributed by atoms with E-state index >= 15 is 0 Å². The van der Waals surface area contributed by atoms with Crippen molar-refractivity contribution in [2.45, 2.75) is 32.9 Å². The van der Waals surface area contributed by atoms with E-state index in [1.807, 2.05) is 6.20 Å². The molecule has 0 atom stereocenters. The Bertz CT molecular complexity index is 364. The highest BCUT2D eigenvalue weighted by Gasteiger charge is 2.30. The number of nitrogens with one attached hydrogen (secondary N) is 1. The zero-order valence-corrected chi connectivity index (χ0v) is 11.6. The van der Waals surface area contributed by atoms with Crippen molar-refractivity contribution in [3.63, 3.8) is 0 Å². The van der Waals surface area contributed by atoms with Gasteiger partial charge in [-0.25, -0.2) is 4.98 Å². The van der Waals surface area contributed by atoms with Gasteiger partial charge < -0.3 is 10.1 Å². The number of rotatable bonds is 4. The number of ether oxygens (including phenoxy) is 1. The lowest BCUT2D eigenvalue weighted by Crippen LogP contribution is -2.52. The molecular weight excluding hydrogens is 234 g/mol. The predicted octanol–water partition coefficient (Wildman–Crippen LogP) is 2.19. The average Bonchev–Trinajstić information content (AvgIpc) is 2.70. The van der Waals surface area contributed by atoms with Crippen molar-refractivity contribution in [3.8, 4) is 0 Å². The monoisotopic (exact) mass is 255 g/mol. The molecule has 0 spiro atoms. The first-order chi connectivity index (χ1) is 8.12. The third-order valence-corrected chi connectivity index (χ3v) is 3.98. The van der Waals surface area contributed by atoms with Crippen molar-refractivity contribution in [1.29, 1.82) is 0 Å². The summed E-state index contributed by atoms with van der Waals surface area (Å²) in [5.74, 6) is 0. The van der Waals surface area contributed by atoms with Gasteiger partial charge in [0.1, 0.15) is 0 Å². The molecule has 1 aliphatic rings. The highest BCUT2D eigenvalue weighted by atomic mass is 32.1. The molecule has 1 aliphatic heterocycles. The number of hydrogen-bond donors (Lipinski definition) is 1. The van der Waals surface area contributed by atoms with Crippen LogP contribution in [0.2, 0.25) is 0 Å². The molecule has 0 radical (unpaired) electrons. The van der Waals surface area contributed by atoms with Crippen LogP contribution in [0.1, 0.15) is 25.6 Å². The van der Waals surface area contributed by atoms with Crippen molar-refractivity contribution >= 4 is 16.5 Å². The Balaban J connectivity index is 1.98. The molecule has 5 heteroatoms. The molecule has 17 heavy (non-hydrogen) atoms. The zero-order chi connectivity index (χ0) is 12.3. The molecule has 1 N–H and O–H groups in total. The number of morpholine rings is 1. The molecule has 96 valence electrons. The minimum absolute atomic E-state index is 0.126. The molecule has 0 aromatic carbocycles. The van der Waals surface area contributed by atoms with Gasteiger partial charge in [-0.1, -0.05) is 0 Å². The Morgan fingerprint density at radius 1 is 1.59 bits per heavy atom. The summed E-state index contributed by atoms with van der Waals surface area (Å²) in [5, 5.41) is 4.27. The average molecular weight is 255 g/mol. The lowest BCUT2D eigenvalue weighted by atomic mass is 10.0. The maximum absolute atomic E-state index is 5.53. The minimum Gasteiger partial charge on any atom is -0.378 e. The maximum Gasteiger partial charge on any atom is 0.182 e. The fourth-order valence-electron chi connectivity index (χ4n) is 1.99. The molecule has 2 heterocycles. The summed E-state index contributed by atoms with van der Waals surface area (Å²) in [6.07, 6.45) is 1.98. The Morgan fingerprint density at radius 3 is 3.12 bits per heavy atom. The van der Waals surface area contributed by atoms with E-state index in [1.165, 1.54) is 4.88 Å². The SMILES string of the molecule is CCNc1ncc(CN2CCOCC2(C)C)s1. The number of hydrogen-bond acceptors (Lipinski definition) is 5. The Labute approximate surface area is 107 Å². The van der Waals surface area contributed by atoms with E-state index in [0.717, 1.165) is 38.0 Å². The number of thiazole rings is 1. The van der Waals surface area contributed by atoms with Gasteiger partial charge in [-0.15, -0.1) is 11.3 Å². The summed E-state index contributed by atoms with van der Waals surface area (Å²) in [4.78, 5) is 8.16. The first kappa shape index (κ1) is 12.8. The normalized spacial score (nSPS) is 20.4. The van der Waals surface area contributed by atoms with Gasteiger partial charge in [-0.3, -0.25) is 4.90 Å². The van der Waals surface area contributed by atoms with Crippen LogP contribution in [0, 0.1) is 0 Å². The Hall–Kier alpha value is -0.650. The molecular formula is C12H21N3OS. The molecule has 0 bridgehead atoms. The number of anilines is 1. The van der Waals surface area contributed by atoms with Gasteiger partial charge in [0, 0.05) is 36.2 Å². The lowest BCUT2D eigenvalue weighted by molar-refractivity contribution is -0.0548. The van der Waals surface area contributed by atoms with E-state index in [4.69, 9.17) is 4.74 Å². The highest BCUT2D eigenvalue weighted by molar-refractivity contribution is 7.15. The fraction of sp³-hybridized carbons (Fsp3) is 0.750. The van der Waals surface area contributed by atoms with Crippen LogP contribution in [0.3, 0.4) is 0 Å². The van der Waals surface area contributed by atoms with Gasteiger partial charge in [0.25, 0.3) is 0 Å². The summed E-state index contributed by atoms with van der Waals surface area (Å²) < 4.78 is 5.53. The van der Waals surface area contributed by atoms with E-state index in [9.17, 15) is 0 Å². The van der Waals surface area contributed by atoms with Crippen LogP contribution in [0.25, 0.3) is 0 Å². The van der Waals surface area contributed by atoms with Crippen molar-refractivity contribution in [1.82, 2.24) is 9.88 Å². The van der Waals surface area contributed by atoms with Crippen LogP contribution in [0.4, 0.5) is 5.13 Å². The van der Waals surface area contributed by atoms with Gasteiger partial charge in [0.2, 0.25) is 0 Å². The summed E-state index contributed by atoms with van der Waals surface area (Å²) in [6.45, 7) is 11.1. The first-order valence-electron chi connectivity index (χ1n) is 6.13. The summed E-state index contributed by atoms with van der Waals surface area (Å²) >= 11 is 1.75. The van der Waals surface area contributed by atoms with E-state index in [-0.39, 0.29) is 5.54 Å². The van der Waals surface area contributed by atoms with Gasteiger partial charge in [-0.05, 0) is 20.8 Å². The van der Waals surface area contributed by atoms with Crippen LogP contribution >= 0.6 is 11.3 Å². The molecule has 0 amide bonds. The molecule has 1 aromatic heterocycles. The van der Waals surface area contributed by atoms with Crippen molar-refractivity contribution in [3.05, 3.63) is 11.1 Å². The second-order valence-electron chi connectivity index (χ2n) is 4.95. The molecule has 0 saturated carbocycles. The summed E-state index contributed by atoms with van der Waals surface area (Å²) in [5.41, 5.74) is 0.126. The third kappa shape index (κ3) is 3.18. The van der Waals surface area contributed by atoms with Crippen LogP contribution in [-0.2, 0) is 11.3 Å². The van der Waals surface area contributed by atoms with E-state index < -0.39 is 0 Å². The molecule has 2 rings (SSSR count). The molecule has 0 unspecified atom stereocenters. The zero-order valence-electron chi connectivity index (χ0n) is 10.8. The van der Waals surface area contributed by atoms with Gasteiger partial charge >= 0.3 is 0 Å². The lowest BCUT2D eigenvalue weighted by Gasteiger charge is -2.41. The van der Waals surface area contributed by atoms with Gasteiger partial charge in [-0.2, -0.15) is 0 Å². The number of nitrogens with zero attached hydrogens (tertiary/aromatic N) is 2. The second kappa shape index (κ2) is 5.33.